The second-order valence-corrected chi connectivity index (χ2v) is 5.90. The third kappa shape index (κ3) is 3.37. The Balaban J connectivity index is 1.61. The van der Waals surface area contributed by atoms with Crippen molar-refractivity contribution in [1.29, 1.82) is 0 Å². The van der Waals surface area contributed by atoms with Gasteiger partial charge in [0.25, 0.3) is 0 Å². The molecule has 1 aliphatic heterocycles. The zero-order valence-electron chi connectivity index (χ0n) is 11.4. The first-order valence-corrected chi connectivity index (χ1v) is 7.58. The summed E-state index contributed by atoms with van der Waals surface area (Å²) in [5, 5.41) is 13.7. The molecular formula is C15H20ClNO3. The minimum atomic E-state index is -0.231. The summed E-state index contributed by atoms with van der Waals surface area (Å²) >= 11 is 6.24. The Morgan fingerprint density at radius 1 is 1.30 bits per heavy atom. The van der Waals surface area contributed by atoms with Crippen molar-refractivity contribution >= 4 is 11.6 Å². The molecule has 1 fully saturated rings. The molecule has 110 valence electrons. The Kier molecular flexibility index (Phi) is 4.34. The maximum Gasteiger partial charge on any atom is 0.179 e. The highest BCUT2D eigenvalue weighted by Gasteiger charge is 2.29. The normalized spacial score (nSPS) is 19.5. The van der Waals surface area contributed by atoms with Gasteiger partial charge in [0.15, 0.2) is 11.5 Å². The summed E-state index contributed by atoms with van der Waals surface area (Å²) in [6.07, 6.45) is 2.94. The van der Waals surface area contributed by atoms with Crippen molar-refractivity contribution in [3.8, 4) is 11.5 Å². The number of ether oxygens (including phenoxy) is 2. The van der Waals surface area contributed by atoms with E-state index in [0.717, 1.165) is 30.6 Å². The van der Waals surface area contributed by atoms with Crippen LogP contribution >= 0.6 is 11.6 Å². The Hall–Kier alpha value is -0.970. The van der Waals surface area contributed by atoms with Crippen LogP contribution in [0.3, 0.4) is 0 Å². The van der Waals surface area contributed by atoms with Gasteiger partial charge in [-0.25, -0.2) is 0 Å². The molecule has 1 saturated carbocycles. The first-order chi connectivity index (χ1) is 9.74. The SMILES string of the molecule is OC(CNCc1cc(Cl)c2c(c1)OCCCO2)C1CC1. The molecule has 2 N–H and O–H groups in total. The van der Waals surface area contributed by atoms with Gasteiger partial charge in [0.2, 0.25) is 0 Å². The molecule has 1 aromatic carbocycles. The molecule has 1 heterocycles. The van der Waals surface area contributed by atoms with Gasteiger partial charge in [0.1, 0.15) is 0 Å². The van der Waals surface area contributed by atoms with E-state index in [4.69, 9.17) is 21.1 Å². The molecule has 5 heteroatoms. The van der Waals surface area contributed by atoms with E-state index in [0.29, 0.717) is 43.0 Å². The van der Waals surface area contributed by atoms with Gasteiger partial charge in [-0.05, 0) is 36.5 Å². The van der Waals surface area contributed by atoms with Gasteiger partial charge in [-0.3, -0.25) is 0 Å². The molecular weight excluding hydrogens is 278 g/mol. The lowest BCUT2D eigenvalue weighted by molar-refractivity contribution is 0.148. The highest BCUT2D eigenvalue weighted by Crippen LogP contribution is 2.38. The van der Waals surface area contributed by atoms with E-state index >= 15 is 0 Å². The average Bonchev–Trinajstić information content (AvgIpc) is 3.25. The van der Waals surface area contributed by atoms with Crippen molar-refractivity contribution < 1.29 is 14.6 Å². The Morgan fingerprint density at radius 3 is 2.90 bits per heavy atom. The molecule has 0 spiro atoms. The predicted octanol–water partition coefficient (Wildman–Crippen LogP) is 2.36. The third-order valence-corrected chi connectivity index (χ3v) is 3.99. The van der Waals surface area contributed by atoms with E-state index in [9.17, 15) is 5.11 Å². The summed E-state index contributed by atoms with van der Waals surface area (Å²) in [6.45, 7) is 2.58. The molecule has 0 bridgehead atoms. The maximum atomic E-state index is 9.82. The molecule has 3 rings (SSSR count). The molecule has 1 atom stereocenters. The van der Waals surface area contributed by atoms with Crippen LogP contribution in [0.4, 0.5) is 0 Å². The van der Waals surface area contributed by atoms with Crippen molar-refractivity contribution in [3.05, 3.63) is 22.7 Å². The fourth-order valence-electron chi connectivity index (χ4n) is 2.40. The number of aliphatic hydroxyl groups excluding tert-OH is 1. The van der Waals surface area contributed by atoms with Crippen LogP contribution in [0.1, 0.15) is 24.8 Å². The quantitative estimate of drug-likeness (QED) is 0.876. The van der Waals surface area contributed by atoms with Crippen LogP contribution in [0.15, 0.2) is 12.1 Å². The van der Waals surface area contributed by atoms with Crippen molar-refractivity contribution in [1.82, 2.24) is 5.32 Å². The highest BCUT2D eigenvalue weighted by molar-refractivity contribution is 6.32. The molecule has 4 nitrogen and oxygen atoms in total. The second-order valence-electron chi connectivity index (χ2n) is 5.49. The maximum absolute atomic E-state index is 9.82. The molecule has 1 unspecified atom stereocenters. The van der Waals surface area contributed by atoms with Crippen LogP contribution in [-0.2, 0) is 6.54 Å². The third-order valence-electron chi connectivity index (χ3n) is 3.71. The molecule has 0 aromatic heterocycles. The van der Waals surface area contributed by atoms with E-state index in [1.54, 1.807) is 0 Å². The fourth-order valence-corrected chi connectivity index (χ4v) is 2.69. The monoisotopic (exact) mass is 297 g/mol. The number of rotatable bonds is 5. The van der Waals surface area contributed by atoms with Gasteiger partial charge >= 0.3 is 0 Å². The average molecular weight is 298 g/mol. The molecule has 0 saturated heterocycles. The number of halogens is 1. The molecule has 0 amide bonds. The van der Waals surface area contributed by atoms with Crippen molar-refractivity contribution in [2.75, 3.05) is 19.8 Å². The highest BCUT2D eigenvalue weighted by atomic mass is 35.5. The van der Waals surface area contributed by atoms with E-state index in [-0.39, 0.29) is 6.10 Å². The van der Waals surface area contributed by atoms with Gasteiger partial charge in [-0.2, -0.15) is 0 Å². The van der Waals surface area contributed by atoms with E-state index < -0.39 is 0 Å². The van der Waals surface area contributed by atoms with Crippen molar-refractivity contribution in [2.45, 2.75) is 31.9 Å². The first kappa shape index (κ1) is 14.0. The van der Waals surface area contributed by atoms with Crippen molar-refractivity contribution in [3.63, 3.8) is 0 Å². The zero-order valence-corrected chi connectivity index (χ0v) is 12.2. The van der Waals surface area contributed by atoms with Gasteiger partial charge in [-0.15, -0.1) is 0 Å². The fraction of sp³-hybridized carbons (Fsp3) is 0.600. The molecule has 0 radical (unpaired) electrons. The zero-order chi connectivity index (χ0) is 13.9. The Bertz CT molecular complexity index is 476. The Labute approximate surface area is 124 Å². The number of nitrogens with one attached hydrogen (secondary N) is 1. The van der Waals surface area contributed by atoms with E-state index in [1.807, 2.05) is 12.1 Å². The lowest BCUT2D eigenvalue weighted by atomic mass is 10.2. The summed E-state index contributed by atoms with van der Waals surface area (Å²) < 4.78 is 11.3. The number of fused-ring (bicyclic) bond motifs is 1. The topological polar surface area (TPSA) is 50.7 Å². The summed E-state index contributed by atoms with van der Waals surface area (Å²) in [5.41, 5.74) is 1.04. The largest absolute Gasteiger partial charge is 0.489 e. The first-order valence-electron chi connectivity index (χ1n) is 7.21. The van der Waals surface area contributed by atoms with E-state index in [1.165, 1.54) is 0 Å². The van der Waals surface area contributed by atoms with Gasteiger partial charge < -0.3 is 19.9 Å². The summed E-state index contributed by atoms with van der Waals surface area (Å²) in [5.74, 6) is 1.86. The van der Waals surface area contributed by atoms with Gasteiger partial charge in [0.05, 0.1) is 24.3 Å². The van der Waals surface area contributed by atoms with Crippen LogP contribution in [0.5, 0.6) is 11.5 Å². The summed E-state index contributed by atoms with van der Waals surface area (Å²) in [6, 6.07) is 3.86. The summed E-state index contributed by atoms with van der Waals surface area (Å²) in [7, 11) is 0. The van der Waals surface area contributed by atoms with E-state index in [2.05, 4.69) is 5.32 Å². The number of aliphatic hydroxyl groups is 1. The van der Waals surface area contributed by atoms with Crippen LogP contribution in [-0.4, -0.2) is 31.0 Å². The minimum absolute atomic E-state index is 0.231. The standard InChI is InChI=1S/C15H20ClNO3/c16-12-6-10(8-17-9-13(18)11-2-3-11)7-14-15(12)20-5-1-4-19-14/h6-7,11,13,17-18H,1-5,8-9H2. The van der Waals surface area contributed by atoms with Crippen LogP contribution < -0.4 is 14.8 Å². The lowest BCUT2D eigenvalue weighted by Gasteiger charge is -2.13. The number of hydrogen-bond acceptors (Lipinski definition) is 4. The number of benzene rings is 1. The predicted molar refractivity (Wildman–Crippen MR) is 77.5 cm³/mol. The Morgan fingerprint density at radius 2 is 2.10 bits per heavy atom. The molecule has 1 aromatic rings. The van der Waals surface area contributed by atoms with Gasteiger partial charge in [-0.1, -0.05) is 11.6 Å². The van der Waals surface area contributed by atoms with Crippen LogP contribution in [0.25, 0.3) is 0 Å². The lowest BCUT2D eigenvalue weighted by Crippen LogP contribution is -2.27. The molecule has 1 aliphatic carbocycles. The summed E-state index contributed by atoms with van der Waals surface area (Å²) in [4.78, 5) is 0. The smallest absolute Gasteiger partial charge is 0.179 e. The minimum Gasteiger partial charge on any atom is -0.489 e. The molecule has 20 heavy (non-hydrogen) atoms. The van der Waals surface area contributed by atoms with Crippen LogP contribution in [0, 0.1) is 5.92 Å². The second kappa shape index (κ2) is 6.20. The molecule has 2 aliphatic rings. The van der Waals surface area contributed by atoms with Crippen molar-refractivity contribution in [2.24, 2.45) is 5.92 Å². The van der Waals surface area contributed by atoms with Gasteiger partial charge in [0, 0.05) is 19.5 Å². The van der Waals surface area contributed by atoms with Crippen LogP contribution in [0.2, 0.25) is 5.02 Å². The number of hydrogen-bond donors (Lipinski definition) is 2.